The van der Waals surface area contributed by atoms with Crippen molar-refractivity contribution in [1.82, 2.24) is 10.6 Å². The fourth-order valence-corrected chi connectivity index (χ4v) is 3.71. The molecule has 4 N–H and O–H groups in total. The van der Waals surface area contributed by atoms with E-state index < -0.39 is 23.8 Å². The van der Waals surface area contributed by atoms with E-state index in [0.29, 0.717) is 22.6 Å². The molecule has 0 aliphatic carbocycles. The van der Waals surface area contributed by atoms with Gasteiger partial charge in [-0.25, -0.2) is 4.79 Å². The number of anilines is 1. The van der Waals surface area contributed by atoms with E-state index in [9.17, 15) is 15.2 Å². The van der Waals surface area contributed by atoms with Crippen LogP contribution in [0.5, 0.6) is 5.75 Å². The monoisotopic (exact) mass is 378 g/mol. The SMILES string of the molecule is CC1(C)Oc2ccc(C#N)cc2C(NC(=O)Nc2ccc3c(c2)CNC3)C1O. The molecule has 2 aliphatic rings. The summed E-state index contributed by atoms with van der Waals surface area (Å²) in [5.41, 5.74) is 3.20. The molecule has 144 valence electrons. The van der Waals surface area contributed by atoms with E-state index >= 15 is 0 Å². The normalized spacial score (nSPS) is 21.6. The maximum Gasteiger partial charge on any atom is 0.319 e. The Balaban J connectivity index is 1.57. The highest BCUT2D eigenvalue weighted by molar-refractivity contribution is 5.89. The number of hydrogen-bond donors (Lipinski definition) is 4. The molecular weight excluding hydrogens is 356 g/mol. The second-order valence-electron chi connectivity index (χ2n) is 7.68. The van der Waals surface area contributed by atoms with E-state index in [-0.39, 0.29) is 0 Å². The van der Waals surface area contributed by atoms with Gasteiger partial charge in [0.2, 0.25) is 0 Å². The summed E-state index contributed by atoms with van der Waals surface area (Å²) in [5, 5.41) is 28.9. The molecule has 7 nitrogen and oxygen atoms in total. The van der Waals surface area contributed by atoms with E-state index in [1.807, 2.05) is 18.2 Å². The number of amides is 2. The van der Waals surface area contributed by atoms with Gasteiger partial charge in [0.15, 0.2) is 0 Å². The zero-order valence-electron chi connectivity index (χ0n) is 15.7. The first kappa shape index (κ1) is 18.3. The van der Waals surface area contributed by atoms with Gasteiger partial charge < -0.3 is 25.8 Å². The number of rotatable bonds is 2. The number of benzene rings is 2. The molecule has 28 heavy (non-hydrogen) atoms. The molecule has 2 amide bonds. The van der Waals surface area contributed by atoms with Crippen molar-refractivity contribution < 1.29 is 14.6 Å². The van der Waals surface area contributed by atoms with Crippen molar-refractivity contribution in [3.63, 3.8) is 0 Å². The minimum atomic E-state index is -0.982. The van der Waals surface area contributed by atoms with Crippen molar-refractivity contribution in [1.29, 1.82) is 5.26 Å². The average molecular weight is 378 g/mol. The van der Waals surface area contributed by atoms with Gasteiger partial charge in [-0.2, -0.15) is 5.26 Å². The van der Waals surface area contributed by atoms with Crippen molar-refractivity contribution in [2.45, 2.75) is 44.7 Å². The number of carbonyl (C=O) groups excluding carboxylic acids is 1. The van der Waals surface area contributed by atoms with Gasteiger partial charge in [0, 0.05) is 24.3 Å². The zero-order valence-corrected chi connectivity index (χ0v) is 15.7. The Bertz CT molecular complexity index is 980. The molecule has 2 atom stereocenters. The molecule has 0 spiro atoms. The van der Waals surface area contributed by atoms with Crippen LogP contribution in [0.25, 0.3) is 0 Å². The van der Waals surface area contributed by atoms with Crippen LogP contribution in [0.1, 0.15) is 42.1 Å². The lowest BCUT2D eigenvalue weighted by atomic mass is 9.86. The van der Waals surface area contributed by atoms with Crippen LogP contribution in [0.15, 0.2) is 36.4 Å². The molecule has 2 aromatic carbocycles. The number of nitriles is 1. The van der Waals surface area contributed by atoms with Gasteiger partial charge >= 0.3 is 6.03 Å². The molecule has 2 aliphatic heterocycles. The molecule has 0 bridgehead atoms. The summed E-state index contributed by atoms with van der Waals surface area (Å²) in [6.45, 7) is 5.14. The van der Waals surface area contributed by atoms with E-state index in [4.69, 9.17) is 4.74 Å². The fraction of sp³-hybridized carbons (Fsp3) is 0.333. The summed E-state index contributed by atoms with van der Waals surface area (Å²) in [4.78, 5) is 12.6. The van der Waals surface area contributed by atoms with Crippen LogP contribution >= 0.6 is 0 Å². The molecular formula is C21H22N4O3. The number of carbonyl (C=O) groups is 1. The standard InChI is InChI=1S/C21H22N4O3/c1-21(2)19(26)18(16-7-12(9-22)3-6-17(16)28-21)25-20(27)24-15-5-4-13-10-23-11-14(13)8-15/h3-8,18-19,23,26H,10-11H2,1-2H3,(H2,24,25,27). The first-order chi connectivity index (χ1) is 13.4. The minimum absolute atomic E-state index is 0.430. The number of hydrogen-bond acceptors (Lipinski definition) is 5. The van der Waals surface area contributed by atoms with Gasteiger partial charge in [-0.1, -0.05) is 6.07 Å². The van der Waals surface area contributed by atoms with E-state index in [1.54, 1.807) is 32.0 Å². The van der Waals surface area contributed by atoms with Crippen molar-refractivity contribution in [2.75, 3.05) is 5.32 Å². The van der Waals surface area contributed by atoms with Crippen molar-refractivity contribution >= 4 is 11.7 Å². The summed E-state index contributed by atoms with van der Waals surface area (Å²) < 4.78 is 5.87. The van der Waals surface area contributed by atoms with E-state index in [0.717, 1.165) is 18.7 Å². The molecule has 0 saturated carbocycles. The Morgan fingerprint density at radius 1 is 1.25 bits per heavy atom. The molecule has 0 radical (unpaired) electrons. The van der Waals surface area contributed by atoms with Crippen molar-refractivity contribution in [3.8, 4) is 11.8 Å². The number of urea groups is 1. The number of nitrogens with one attached hydrogen (secondary N) is 3. The number of aliphatic hydroxyl groups excluding tert-OH is 1. The Morgan fingerprint density at radius 3 is 2.82 bits per heavy atom. The summed E-state index contributed by atoms with van der Waals surface area (Å²) in [7, 11) is 0. The fourth-order valence-electron chi connectivity index (χ4n) is 3.71. The summed E-state index contributed by atoms with van der Waals surface area (Å²) in [5.74, 6) is 0.545. The third-order valence-electron chi connectivity index (χ3n) is 5.26. The topological polar surface area (TPSA) is 106 Å². The zero-order chi connectivity index (χ0) is 19.9. The van der Waals surface area contributed by atoms with Crippen LogP contribution in [0.2, 0.25) is 0 Å². The third-order valence-corrected chi connectivity index (χ3v) is 5.26. The van der Waals surface area contributed by atoms with E-state index in [2.05, 4.69) is 22.0 Å². The molecule has 2 aromatic rings. The molecule has 7 heteroatoms. The molecule has 0 aromatic heterocycles. The Morgan fingerprint density at radius 2 is 2.04 bits per heavy atom. The smallest absolute Gasteiger partial charge is 0.319 e. The van der Waals surface area contributed by atoms with Crippen molar-refractivity contribution in [2.24, 2.45) is 0 Å². The first-order valence-corrected chi connectivity index (χ1v) is 9.18. The highest BCUT2D eigenvalue weighted by Gasteiger charge is 2.43. The van der Waals surface area contributed by atoms with E-state index in [1.165, 1.54) is 5.56 Å². The van der Waals surface area contributed by atoms with Gasteiger partial charge in [-0.3, -0.25) is 0 Å². The van der Waals surface area contributed by atoms with Gasteiger partial charge in [-0.15, -0.1) is 0 Å². The molecule has 0 fully saturated rings. The lowest BCUT2D eigenvalue weighted by molar-refractivity contribution is -0.0618. The molecule has 2 heterocycles. The van der Waals surface area contributed by atoms with Gasteiger partial charge in [0.05, 0.1) is 17.7 Å². The lowest BCUT2D eigenvalue weighted by Gasteiger charge is -2.42. The van der Waals surface area contributed by atoms with Gasteiger partial charge in [0.25, 0.3) is 0 Å². The van der Waals surface area contributed by atoms with Crippen LogP contribution in [0.4, 0.5) is 10.5 Å². The highest BCUT2D eigenvalue weighted by atomic mass is 16.5. The Labute approximate surface area is 163 Å². The second-order valence-corrected chi connectivity index (χ2v) is 7.68. The van der Waals surface area contributed by atoms with Crippen LogP contribution in [0, 0.1) is 11.3 Å². The number of ether oxygens (including phenoxy) is 1. The first-order valence-electron chi connectivity index (χ1n) is 9.18. The van der Waals surface area contributed by atoms with Gasteiger partial charge in [0.1, 0.15) is 17.5 Å². The Hall–Kier alpha value is -3.08. The molecule has 2 unspecified atom stereocenters. The maximum absolute atomic E-state index is 12.6. The lowest BCUT2D eigenvalue weighted by Crippen LogP contribution is -2.54. The summed E-state index contributed by atoms with van der Waals surface area (Å²) in [6.07, 6.45) is -0.982. The van der Waals surface area contributed by atoms with Crippen LogP contribution in [-0.4, -0.2) is 22.8 Å². The van der Waals surface area contributed by atoms with Crippen LogP contribution in [0.3, 0.4) is 0 Å². The second kappa shape index (κ2) is 6.82. The third kappa shape index (κ3) is 3.28. The highest BCUT2D eigenvalue weighted by Crippen LogP contribution is 2.40. The largest absolute Gasteiger partial charge is 0.485 e. The number of fused-ring (bicyclic) bond motifs is 2. The van der Waals surface area contributed by atoms with Gasteiger partial charge in [-0.05, 0) is 55.3 Å². The summed E-state index contributed by atoms with van der Waals surface area (Å²) in [6, 6.07) is 11.7. The van der Waals surface area contributed by atoms with Crippen LogP contribution in [-0.2, 0) is 13.1 Å². The predicted molar refractivity (Wildman–Crippen MR) is 104 cm³/mol. The van der Waals surface area contributed by atoms with Crippen LogP contribution < -0.4 is 20.7 Å². The quantitative estimate of drug-likeness (QED) is 0.643. The summed E-state index contributed by atoms with van der Waals surface area (Å²) >= 11 is 0. The predicted octanol–water partition coefficient (Wildman–Crippen LogP) is 2.56. The number of aliphatic hydroxyl groups is 1. The van der Waals surface area contributed by atoms with Crippen molar-refractivity contribution in [3.05, 3.63) is 58.7 Å². The average Bonchev–Trinajstić information content (AvgIpc) is 3.13. The maximum atomic E-state index is 12.6. The minimum Gasteiger partial charge on any atom is -0.485 e. The number of nitrogens with zero attached hydrogens (tertiary/aromatic N) is 1. The molecule has 0 saturated heterocycles. The Kier molecular flexibility index (Phi) is 4.46. The molecule has 4 rings (SSSR count).